The van der Waals surface area contributed by atoms with Crippen molar-refractivity contribution in [2.45, 2.75) is 25.8 Å². The van der Waals surface area contributed by atoms with E-state index in [2.05, 4.69) is 10.3 Å². The summed E-state index contributed by atoms with van der Waals surface area (Å²) < 4.78 is 5.11. The molecule has 0 aliphatic carbocycles. The minimum absolute atomic E-state index is 0.0114. The first-order chi connectivity index (χ1) is 7.16. The Morgan fingerprint density at radius 1 is 1.73 bits per heavy atom. The van der Waals surface area contributed by atoms with Crippen molar-refractivity contribution in [2.75, 3.05) is 6.54 Å². The van der Waals surface area contributed by atoms with Crippen molar-refractivity contribution in [3.63, 3.8) is 0 Å². The molecule has 2 rings (SSSR count). The molecular weight excluding hydrogens is 196 g/mol. The van der Waals surface area contributed by atoms with E-state index in [1.165, 1.54) is 0 Å². The molecule has 5 nitrogen and oxygen atoms in total. The number of carboxylic acid groups (broad SMARTS) is 1. The zero-order valence-electron chi connectivity index (χ0n) is 8.56. The molecule has 1 aromatic heterocycles. The third-order valence-corrected chi connectivity index (χ3v) is 2.75. The average molecular weight is 210 g/mol. The summed E-state index contributed by atoms with van der Waals surface area (Å²) in [6.45, 7) is 2.49. The Balaban J connectivity index is 2.07. The van der Waals surface area contributed by atoms with E-state index in [9.17, 15) is 4.79 Å². The number of nitrogens with one attached hydrogen (secondary N) is 1. The molecule has 5 heteroatoms. The molecular formula is C10H14N2O3. The number of hydrogen-bond acceptors (Lipinski definition) is 4. The summed E-state index contributed by atoms with van der Waals surface area (Å²) >= 11 is 0. The van der Waals surface area contributed by atoms with E-state index >= 15 is 0 Å². The van der Waals surface area contributed by atoms with Crippen LogP contribution in [0.4, 0.5) is 0 Å². The summed E-state index contributed by atoms with van der Waals surface area (Å²) in [5, 5.41) is 12.2. The predicted octanol–water partition coefficient (Wildman–Crippen LogP) is 1.11. The first-order valence-corrected chi connectivity index (χ1v) is 5.05. The van der Waals surface area contributed by atoms with Crippen molar-refractivity contribution in [3.05, 3.63) is 17.8 Å². The molecule has 0 saturated carbocycles. The van der Waals surface area contributed by atoms with Crippen LogP contribution in [0.3, 0.4) is 0 Å². The zero-order valence-corrected chi connectivity index (χ0v) is 8.56. The number of oxazole rings is 1. The average Bonchev–Trinajstić information content (AvgIpc) is 2.65. The SMILES string of the molecule is Cc1nc(C2CC(C(=O)O)CCN2)co1. The number of nitrogens with zero attached hydrogens (tertiary/aromatic N) is 1. The summed E-state index contributed by atoms with van der Waals surface area (Å²) in [5.41, 5.74) is 0.804. The number of rotatable bonds is 2. The molecule has 2 unspecified atom stereocenters. The molecule has 1 aliphatic rings. The quantitative estimate of drug-likeness (QED) is 0.764. The lowest BCUT2D eigenvalue weighted by Gasteiger charge is -2.26. The maximum absolute atomic E-state index is 10.9. The zero-order chi connectivity index (χ0) is 10.8. The van der Waals surface area contributed by atoms with Crippen LogP contribution in [0.15, 0.2) is 10.7 Å². The van der Waals surface area contributed by atoms with Crippen LogP contribution in [0.2, 0.25) is 0 Å². The number of piperidine rings is 1. The van der Waals surface area contributed by atoms with Gasteiger partial charge < -0.3 is 14.8 Å². The van der Waals surface area contributed by atoms with Crippen LogP contribution in [-0.2, 0) is 4.79 Å². The van der Waals surface area contributed by atoms with Gasteiger partial charge in [-0.1, -0.05) is 0 Å². The highest BCUT2D eigenvalue weighted by Crippen LogP contribution is 2.26. The van der Waals surface area contributed by atoms with E-state index in [4.69, 9.17) is 9.52 Å². The molecule has 1 aliphatic heterocycles. The van der Waals surface area contributed by atoms with Gasteiger partial charge in [0.1, 0.15) is 6.26 Å². The van der Waals surface area contributed by atoms with Gasteiger partial charge in [0.05, 0.1) is 17.7 Å². The molecule has 0 bridgehead atoms. The Kier molecular flexibility index (Phi) is 2.73. The molecule has 0 spiro atoms. The van der Waals surface area contributed by atoms with Gasteiger partial charge in [-0.3, -0.25) is 4.79 Å². The molecule has 2 N–H and O–H groups in total. The van der Waals surface area contributed by atoms with Crippen LogP contribution in [0.25, 0.3) is 0 Å². The summed E-state index contributed by atoms with van der Waals surface area (Å²) in [7, 11) is 0. The Morgan fingerprint density at radius 2 is 2.53 bits per heavy atom. The minimum atomic E-state index is -0.721. The molecule has 82 valence electrons. The smallest absolute Gasteiger partial charge is 0.306 e. The minimum Gasteiger partial charge on any atom is -0.481 e. The number of aliphatic carboxylic acids is 1. The van der Waals surface area contributed by atoms with Crippen LogP contribution in [0, 0.1) is 12.8 Å². The van der Waals surface area contributed by atoms with E-state index in [1.807, 2.05) is 0 Å². The van der Waals surface area contributed by atoms with Crippen LogP contribution in [0.5, 0.6) is 0 Å². The molecule has 15 heavy (non-hydrogen) atoms. The number of carbonyl (C=O) groups is 1. The van der Waals surface area contributed by atoms with Crippen molar-refractivity contribution in [3.8, 4) is 0 Å². The highest BCUT2D eigenvalue weighted by Gasteiger charge is 2.28. The van der Waals surface area contributed by atoms with Gasteiger partial charge in [0.2, 0.25) is 0 Å². The largest absolute Gasteiger partial charge is 0.481 e. The van der Waals surface area contributed by atoms with Gasteiger partial charge >= 0.3 is 5.97 Å². The van der Waals surface area contributed by atoms with Crippen LogP contribution < -0.4 is 5.32 Å². The standard InChI is InChI=1S/C10H14N2O3/c1-6-12-9(5-15-6)8-4-7(10(13)14)2-3-11-8/h5,7-8,11H,2-4H2,1H3,(H,13,14). The fraction of sp³-hybridized carbons (Fsp3) is 0.600. The molecule has 0 radical (unpaired) electrons. The van der Waals surface area contributed by atoms with E-state index < -0.39 is 5.97 Å². The Labute approximate surface area is 87.5 Å². The van der Waals surface area contributed by atoms with E-state index in [1.54, 1.807) is 13.2 Å². The lowest BCUT2D eigenvalue weighted by Crippen LogP contribution is -2.35. The molecule has 2 heterocycles. The van der Waals surface area contributed by atoms with Crippen molar-refractivity contribution in [1.82, 2.24) is 10.3 Å². The van der Waals surface area contributed by atoms with Crippen molar-refractivity contribution in [1.29, 1.82) is 0 Å². The number of carboxylic acids is 1. The fourth-order valence-corrected chi connectivity index (χ4v) is 1.91. The van der Waals surface area contributed by atoms with Gasteiger partial charge in [-0.25, -0.2) is 4.98 Å². The van der Waals surface area contributed by atoms with Crippen molar-refractivity contribution >= 4 is 5.97 Å². The molecule has 1 aromatic rings. The number of aromatic nitrogens is 1. The van der Waals surface area contributed by atoms with Crippen molar-refractivity contribution in [2.24, 2.45) is 5.92 Å². The van der Waals surface area contributed by atoms with Gasteiger partial charge in [-0.15, -0.1) is 0 Å². The van der Waals surface area contributed by atoms with E-state index in [0.29, 0.717) is 25.3 Å². The van der Waals surface area contributed by atoms with Crippen LogP contribution in [-0.4, -0.2) is 22.6 Å². The third kappa shape index (κ3) is 2.18. The summed E-state index contributed by atoms with van der Waals surface area (Å²) in [6, 6.07) is 0.0114. The molecule has 0 aromatic carbocycles. The van der Waals surface area contributed by atoms with E-state index in [-0.39, 0.29) is 12.0 Å². The lowest BCUT2D eigenvalue weighted by molar-refractivity contribution is -0.143. The topological polar surface area (TPSA) is 75.4 Å². The molecule has 0 amide bonds. The van der Waals surface area contributed by atoms with Gasteiger partial charge in [0.25, 0.3) is 0 Å². The fourth-order valence-electron chi connectivity index (χ4n) is 1.91. The second kappa shape index (κ2) is 4.02. The Bertz CT molecular complexity index is 361. The second-order valence-electron chi connectivity index (χ2n) is 3.86. The Morgan fingerprint density at radius 3 is 3.13 bits per heavy atom. The maximum atomic E-state index is 10.9. The third-order valence-electron chi connectivity index (χ3n) is 2.75. The molecule has 2 atom stereocenters. The highest BCUT2D eigenvalue weighted by atomic mass is 16.4. The summed E-state index contributed by atoms with van der Waals surface area (Å²) in [6.07, 6.45) is 2.86. The first kappa shape index (κ1) is 10.2. The predicted molar refractivity (Wildman–Crippen MR) is 52.3 cm³/mol. The molecule has 1 saturated heterocycles. The van der Waals surface area contributed by atoms with Crippen molar-refractivity contribution < 1.29 is 14.3 Å². The highest BCUT2D eigenvalue weighted by molar-refractivity contribution is 5.70. The van der Waals surface area contributed by atoms with Crippen LogP contribution in [0.1, 0.15) is 30.5 Å². The molecule has 1 fully saturated rings. The normalized spacial score (nSPS) is 26.5. The number of aryl methyl sites for hydroxylation is 1. The van der Waals surface area contributed by atoms with Gasteiger partial charge in [0, 0.05) is 6.92 Å². The monoisotopic (exact) mass is 210 g/mol. The van der Waals surface area contributed by atoms with Gasteiger partial charge in [-0.05, 0) is 19.4 Å². The first-order valence-electron chi connectivity index (χ1n) is 5.05. The summed E-state index contributed by atoms with van der Waals surface area (Å²) in [4.78, 5) is 15.1. The van der Waals surface area contributed by atoms with Crippen LogP contribution >= 0.6 is 0 Å². The Hall–Kier alpha value is -1.36. The van der Waals surface area contributed by atoms with E-state index in [0.717, 1.165) is 5.69 Å². The lowest BCUT2D eigenvalue weighted by atomic mass is 9.91. The number of hydrogen-bond donors (Lipinski definition) is 2. The summed E-state index contributed by atoms with van der Waals surface area (Å²) in [5.74, 6) is -0.376. The van der Waals surface area contributed by atoms with Gasteiger partial charge in [-0.2, -0.15) is 0 Å². The van der Waals surface area contributed by atoms with Gasteiger partial charge in [0.15, 0.2) is 5.89 Å². The second-order valence-corrected chi connectivity index (χ2v) is 3.86. The maximum Gasteiger partial charge on any atom is 0.306 e.